The van der Waals surface area contributed by atoms with E-state index in [0.717, 1.165) is 37.6 Å². The summed E-state index contributed by atoms with van der Waals surface area (Å²) in [4.78, 5) is 41.0. The van der Waals surface area contributed by atoms with Gasteiger partial charge in [-0.2, -0.15) is 4.98 Å². The van der Waals surface area contributed by atoms with Crippen molar-refractivity contribution in [1.82, 2.24) is 19.9 Å². The highest BCUT2D eigenvalue weighted by atomic mass is 35.5. The molecule has 0 aliphatic carbocycles. The lowest BCUT2D eigenvalue weighted by Gasteiger charge is -2.35. The van der Waals surface area contributed by atoms with Crippen molar-refractivity contribution < 1.29 is 14.3 Å². The highest BCUT2D eigenvalue weighted by Crippen LogP contribution is 2.34. The van der Waals surface area contributed by atoms with Gasteiger partial charge in [-0.15, -0.1) is 0 Å². The number of fused-ring (bicyclic) bond motifs is 1. The number of carbonyl (C=O) groups excluding carboxylic acids is 2. The van der Waals surface area contributed by atoms with E-state index in [-0.39, 0.29) is 11.8 Å². The van der Waals surface area contributed by atoms with E-state index in [4.69, 9.17) is 16.3 Å². The maximum absolute atomic E-state index is 12.2. The monoisotopic (exact) mass is 522 g/mol. The summed E-state index contributed by atoms with van der Waals surface area (Å²) in [6.45, 7) is 8.03. The molecule has 1 fully saturated rings. The first-order valence-corrected chi connectivity index (χ1v) is 12.2. The number of rotatable bonds is 5. The Balaban J connectivity index is 1.25. The second-order valence-corrected chi connectivity index (χ2v) is 9.70. The largest absolute Gasteiger partial charge is 0.474 e. The molecule has 11 nitrogen and oxygen atoms in total. The van der Waals surface area contributed by atoms with Crippen LogP contribution in [-0.4, -0.2) is 63.4 Å². The molecule has 3 N–H and O–H groups in total. The number of nitrogens with one attached hydrogen (secondary N) is 3. The SMILES string of the molecule is CC(=O)N1CCN(c2ccc(Nc3ncc(Cl)c(Nc4ccc5c(n4)NC(=O)C(C)(C)O5)n3)cc2)CC1. The van der Waals surface area contributed by atoms with Gasteiger partial charge in [-0.05, 0) is 50.2 Å². The Morgan fingerprint density at radius 1 is 1.05 bits per heavy atom. The number of benzene rings is 1. The topological polar surface area (TPSA) is 125 Å². The quantitative estimate of drug-likeness (QED) is 0.459. The minimum atomic E-state index is -0.969. The maximum Gasteiger partial charge on any atom is 0.269 e. The van der Waals surface area contributed by atoms with Crippen LogP contribution >= 0.6 is 11.6 Å². The zero-order valence-corrected chi connectivity index (χ0v) is 21.5. The van der Waals surface area contributed by atoms with Gasteiger partial charge in [0.25, 0.3) is 5.91 Å². The normalized spacial score (nSPS) is 16.4. The molecule has 3 aromatic rings. The molecule has 0 spiro atoms. The average Bonchev–Trinajstić information content (AvgIpc) is 2.87. The molecular formula is C25H27ClN8O3. The third kappa shape index (κ3) is 5.36. The van der Waals surface area contributed by atoms with Crippen molar-refractivity contribution in [1.29, 1.82) is 0 Å². The van der Waals surface area contributed by atoms with Crippen LogP contribution in [-0.2, 0) is 9.59 Å². The van der Waals surface area contributed by atoms with Crippen molar-refractivity contribution in [2.45, 2.75) is 26.4 Å². The number of amides is 2. The van der Waals surface area contributed by atoms with Crippen LogP contribution in [0.5, 0.6) is 5.75 Å². The maximum atomic E-state index is 12.2. The molecule has 12 heteroatoms. The molecular weight excluding hydrogens is 496 g/mol. The number of aromatic nitrogens is 3. The molecule has 0 atom stereocenters. The molecule has 2 amide bonds. The van der Waals surface area contributed by atoms with Crippen molar-refractivity contribution in [2.75, 3.05) is 47.0 Å². The van der Waals surface area contributed by atoms with E-state index in [2.05, 4.69) is 35.8 Å². The second kappa shape index (κ2) is 9.74. The van der Waals surface area contributed by atoms with Crippen LogP contribution in [0, 0.1) is 0 Å². The molecule has 2 aromatic heterocycles. The number of pyridine rings is 1. The van der Waals surface area contributed by atoms with E-state index in [0.29, 0.717) is 34.2 Å². The first kappa shape index (κ1) is 24.6. The smallest absolute Gasteiger partial charge is 0.269 e. The van der Waals surface area contributed by atoms with Crippen molar-refractivity contribution in [3.63, 3.8) is 0 Å². The minimum absolute atomic E-state index is 0.114. The lowest BCUT2D eigenvalue weighted by Crippen LogP contribution is -2.48. The molecule has 0 radical (unpaired) electrons. The number of hydrogen-bond donors (Lipinski definition) is 3. The van der Waals surface area contributed by atoms with Gasteiger partial charge < -0.3 is 30.5 Å². The van der Waals surface area contributed by atoms with Gasteiger partial charge in [0.2, 0.25) is 11.9 Å². The van der Waals surface area contributed by atoms with Crippen LogP contribution in [0.4, 0.5) is 34.8 Å². The summed E-state index contributed by atoms with van der Waals surface area (Å²) in [5, 5.41) is 9.32. The van der Waals surface area contributed by atoms with Gasteiger partial charge in [-0.1, -0.05) is 11.6 Å². The van der Waals surface area contributed by atoms with E-state index in [1.54, 1.807) is 32.9 Å². The summed E-state index contributed by atoms with van der Waals surface area (Å²) in [5.74, 6) is 1.78. The predicted octanol–water partition coefficient (Wildman–Crippen LogP) is 3.79. The van der Waals surface area contributed by atoms with Crippen molar-refractivity contribution in [3.05, 3.63) is 47.6 Å². The Hall–Kier alpha value is -4.12. The number of ether oxygens (including phenoxy) is 1. The molecule has 1 saturated heterocycles. The van der Waals surface area contributed by atoms with Gasteiger partial charge >= 0.3 is 0 Å². The summed E-state index contributed by atoms with van der Waals surface area (Å²) in [5.41, 5.74) is 0.933. The fourth-order valence-electron chi connectivity index (χ4n) is 4.07. The van der Waals surface area contributed by atoms with Gasteiger partial charge in [-0.25, -0.2) is 9.97 Å². The number of hydrogen-bond acceptors (Lipinski definition) is 9. The Bertz CT molecular complexity index is 1340. The zero-order valence-electron chi connectivity index (χ0n) is 20.7. The van der Waals surface area contributed by atoms with Crippen LogP contribution in [0.15, 0.2) is 42.6 Å². The van der Waals surface area contributed by atoms with E-state index in [9.17, 15) is 9.59 Å². The molecule has 192 valence electrons. The molecule has 37 heavy (non-hydrogen) atoms. The van der Waals surface area contributed by atoms with Gasteiger partial charge in [0, 0.05) is 44.5 Å². The Morgan fingerprint density at radius 2 is 1.78 bits per heavy atom. The number of halogens is 1. The van der Waals surface area contributed by atoms with E-state index in [1.165, 1.54) is 6.20 Å². The summed E-state index contributed by atoms with van der Waals surface area (Å²) >= 11 is 6.32. The third-order valence-electron chi connectivity index (χ3n) is 6.21. The average molecular weight is 523 g/mol. The summed E-state index contributed by atoms with van der Waals surface area (Å²) in [6.07, 6.45) is 1.49. The Labute approximate surface area is 219 Å². The molecule has 0 unspecified atom stereocenters. The molecule has 2 aliphatic heterocycles. The van der Waals surface area contributed by atoms with Crippen molar-refractivity contribution in [2.24, 2.45) is 0 Å². The van der Waals surface area contributed by atoms with E-state index < -0.39 is 5.60 Å². The number of piperazine rings is 1. The summed E-state index contributed by atoms with van der Waals surface area (Å²) in [7, 11) is 0. The van der Waals surface area contributed by atoms with Crippen molar-refractivity contribution in [3.8, 4) is 5.75 Å². The zero-order chi connectivity index (χ0) is 26.2. The second-order valence-electron chi connectivity index (χ2n) is 9.29. The number of nitrogens with zero attached hydrogens (tertiary/aromatic N) is 5. The van der Waals surface area contributed by atoms with E-state index in [1.807, 2.05) is 29.2 Å². The lowest BCUT2D eigenvalue weighted by molar-refractivity contribution is -0.130. The molecule has 0 saturated carbocycles. The highest BCUT2D eigenvalue weighted by Gasteiger charge is 2.36. The first-order valence-electron chi connectivity index (χ1n) is 11.9. The molecule has 0 bridgehead atoms. The summed E-state index contributed by atoms with van der Waals surface area (Å²) < 4.78 is 5.72. The van der Waals surface area contributed by atoms with Gasteiger partial charge in [0.15, 0.2) is 23.0 Å². The highest BCUT2D eigenvalue weighted by molar-refractivity contribution is 6.32. The van der Waals surface area contributed by atoms with Crippen LogP contribution < -0.4 is 25.6 Å². The van der Waals surface area contributed by atoms with Crippen molar-refractivity contribution >= 4 is 58.2 Å². The summed E-state index contributed by atoms with van der Waals surface area (Å²) in [6, 6.07) is 11.4. The lowest BCUT2D eigenvalue weighted by atomic mass is 10.1. The van der Waals surface area contributed by atoms with Gasteiger partial charge in [0.1, 0.15) is 10.8 Å². The Morgan fingerprint density at radius 3 is 2.49 bits per heavy atom. The van der Waals surface area contributed by atoms with E-state index >= 15 is 0 Å². The van der Waals surface area contributed by atoms with Crippen LogP contribution in [0.1, 0.15) is 20.8 Å². The van der Waals surface area contributed by atoms with Gasteiger partial charge in [-0.3, -0.25) is 9.59 Å². The molecule has 1 aromatic carbocycles. The fraction of sp³-hybridized carbons (Fsp3) is 0.320. The molecule has 4 heterocycles. The predicted molar refractivity (Wildman–Crippen MR) is 142 cm³/mol. The van der Waals surface area contributed by atoms with Crippen LogP contribution in [0.2, 0.25) is 5.02 Å². The minimum Gasteiger partial charge on any atom is -0.474 e. The number of carbonyl (C=O) groups is 2. The first-order chi connectivity index (χ1) is 17.7. The van der Waals surface area contributed by atoms with Gasteiger partial charge in [0.05, 0.1) is 6.20 Å². The van der Waals surface area contributed by atoms with Crippen LogP contribution in [0.25, 0.3) is 0 Å². The van der Waals surface area contributed by atoms with Crippen LogP contribution in [0.3, 0.4) is 0 Å². The molecule has 5 rings (SSSR count). The Kier molecular flexibility index (Phi) is 6.46. The third-order valence-corrected chi connectivity index (χ3v) is 6.48. The number of anilines is 6. The standard InChI is InChI=1S/C25H27ClN8O3/c1-15(35)33-10-12-34(13-11-33)17-6-4-16(5-7-17)28-24-27-14-18(26)21(32-24)29-20-9-8-19-22(30-20)31-23(36)25(2,3)37-19/h4-9,14H,10-13H2,1-3H3,(H3,27,28,29,30,31,32,36). The fourth-order valence-corrected chi connectivity index (χ4v) is 4.21. The molecule has 2 aliphatic rings.